The Morgan fingerprint density at radius 3 is 2.58 bits per heavy atom. The molecule has 0 atom stereocenters. The Hall–Kier alpha value is -2.77. The molecule has 0 unspecified atom stereocenters. The van der Waals surface area contributed by atoms with E-state index in [1.54, 1.807) is 7.05 Å². The van der Waals surface area contributed by atoms with E-state index in [-0.39, 0.29) is 18.5 Å². The van der Waals surface area contributed by atoms with Crippen molar-refractivity contribution in [2.24, 2.45) is 4.99 Å². The standard InChI is InChI=1S/C16H23N5O3/c1-12-3-5-13(6-4-12)24-10-8-19-15(17-2)18-7-9-21-14(22)11-20-16(21)23/h3-6H,7-11H2,1-2H3,(H,20,23)(H2,17,18,19). The lowest BCUT2D eigenvalue weighted by Gasteiger charge is -2.15. The molecule has 1 aliphatic heterocycles. The third-order valence-corrected chi connectivity index (χ3v) is 3.47. The quantitative estimate of drug-likeness (QED) is 0.284. The summed E-state index contributed by atoms with van der Waals surface area (Å²) >= 11 is 0. The first-order valence-electron chi connectivity index (χ1n) is 7.82. The van der Waals surface area contributed by atoms with Crippen molar-refractivity contribution in [2.75, 3.05) is 39.8 Å². The summed E-state index contributed by atoms with van der Waals surface area (Å²) in [5, 5.41) is 8.64. The lowest BCUT2D eigenvalue weighted by atomic mass is 10.2. The van der Waals surface area contributed by atoms with Gasteiger partial charge in [-0.3, -0.25) is 14.7 Å². The second kappa shape index (κ2) is 8.76. The summed E-state index contributed by atoms with van der Waals surface area (Å²) in [5.41, 5.74) is 1.19. The molecular weight excluding hydrogens is 310 g/mol. The number of guanidine groups is 1. The van der Waals surface area contributed by atoms with Gasteiger partial charge >= 0.3 is 6.03 Å². The fourth-order valence-corrected chi connectivity index (χ4v) is 2.16. The van der Waals surface area contributed by atoms with Crippen molar-refractivity contribution >= 4 is 17.9 Å². The van der Waals surface area contributed by atoms with Gasteiger partial charge in [0.1, 0.15) is 12.4 Å². The lowest BCUT2D eigenvalue weighted by molar-refractivity contribution is -0.124. The van der Waals surface area contributed by atoms with Crippen LogP contribution < -0.4 is 20.7 Å². The number of aliphatic imine (C=N–C) groups is 1. The molecule has 1 aromatic rings. The first-order valence-corrected chi connectivity index (χ1v) is 7.82. The number of rotatable bonds is 7. The second-order valence-corrected chi connectivity index (χ2v) is 5.29. The molecular formula is C16H23N5O3. The smallest absolute Gasteiger partial charge is 0.324 e. The summed E-state index contributed by atoms with van der Waals surface area (Å²) in [7, 11) is 1.66. The molecule has 1 fully saturated rings. The number of hydrogen-bond acceptors (Lipinski definition) is 4. The molecule has 1 saturated heterocycles. The van der Waals surface area contributed by atoms with Crippen molar-refractivity contribution in [2.45, 2.75) is 6.92 Å². The summed E-state index contributed by atoms with van der Waals surface area (Å²) in [6.45, 7) is 3.90. The van der Waals surface area contributed by atoms with Crippen molar-refractivity contribution in [3.05, 3.63) is 29.8 Å². The van der Waals surface area contributed by atoms with Crippen molar-refractivity contribution in [1.29, 1.82) is 0 Å². The Morgan fingerprint density at radius 1 is 1.25 bits per heavy atom. The minimum absolute atomic E-state index is 0.0716. The van der Waals surface area contributed by atoms with Gasteiger partial charge in [-0.2, -0.15) is 0 Å². The number of imide groups is 1. The van der Waals surface area contributed by atoms with Gasteiger partial charge in [0.2, 0.25) is 5.91 Å². The maximum Gasteiger partial charge on any atom is 0.324 e. The average Bonchev–Trinajstić information content (AvgIpc) is 2.90. The highest BCUT2D eigenvalue weighted by Crippen LogP contribution is 2.10. The van der Waals surface area contributed by atoms with Crippen molar-refractivity contribution in [3.8, 4) is 5.75 Å². The number of hydrogen-bond donors (Lipinski definition) is 3. The van der Waals surface area contributed by atoms with Crippen LogP contribution in [0.2, 0.25) is 0 Å². The Balaban J connectivity index is 1.62. The highest BCUT2D eigenvalue weighted by atomic mass is 16.5. The van der Waals surface area contributed by atoms with Crippen molar-refractivity contribution in [3.63, 3.8) is 0 Å². The second-order valence-electron chi connectivity index (χ2n) is 5.29. The topological polar surface area (TPSA) is 95.1 Å². The molecule has 8 heteroatoms. The number of carbonyl (C=O) groups is 2. The molecule has 0 bridgehead atoms. The van der Waals surface area contributed by atoms with E-state index >= 15 is 0 Å². The third-order valence-electron chi connectivity index (χ3n) is 3.47. The molecule has 8 nitrogen and oxygen atoms in total. The van der Waals surface area contributed by atoms with E-state index in [9.17, 15) is 9.59 Å². The van der Waals surface area contributed by atoms with Gasteiger partial charge in [-0.25, -0.2) is 4.79 Å². The van der Waals surface area contributed by atoms with E-state index in [0.29, 0.717) is 32.2 Å². The van der Waals surface area contributed by atoms with Gasteiger partial charge in [0.15, 0.2) is 5.96 Å². The molecule has 2 rings (SSSR count). The normalized spacial score (nSPS) is 14.6. The molecule has 1 aliphatic rings. The Kier molecular flexibility index (Phi) is 6.41. The van der Waals surface area contributed by atoms with Crippen LogP contribution in [0.1, 0.15) is 5.56 Å². The van der Waals surface area contributed by atoms with Gasteiger partial charge in [0.25, 0.3) is 0 Å². The summed E-state index contributed by atoms with van der Waals surface area (Å²) in [6, 6.07) is 7.51. The minimum Gasteiger partial charge on any atom is -0.492 e. The molecule has 3 amide bonds. The number of nitrogens with one attached hydrogen (secondary N) is 3. The zero-order chi connectivity index (χ0) is 17.4. The lowest BCUT2D eigenvalue weighted by Crippen LogP contribution is -2.44. The maximum absolute atomic E-state index is 11.4. The van der Waals surface area contributed by atoms with Crippen LogP contribution >= 0.6 is 0 Å². The Labute approximate surface area is 141 Å². The summed E-state index contributed by atoms with van der Waals surface area (Å²) in [6.07, 6.45) is 0. The number of benzene rings is 1. The van der Waals surface area contributed by atoms with E-state index < -0.39 is 0 Å². The fourth-order valence-electron chi connectivity index (χ4n) is 2.16. The number of ether oxygens (including phenoxy) is 1. The van der Waals surface area contributed by atoms with Crippen LogP contribution in [0.4, 0.5) is 4.79 Å². The fraction of sp³-hybridized carbons (Fsp3) is 0.438. The molecule has 3 N–H and O–H groups in total. The highest BCUT2D eigenvalue weighted by Gasteiger charge is 2.27. The molecule has 0 spiro atoms. The van der Waals surface area contributed by atoms with Gasteiger partial charge in [0.05, 0.1) is 13.1 Å². The van der Waals surface area contributed by atoms with Crippen LogP contribution in [0.15, 0.2) is 29.3 Å². The largest absolute Gasteiger partial charge is 0.492 e. The highest BCUT2D eigenvalue weighted by molar-refractivity contribution is 6.01. The zero-order valence-electron chi connectivity index (χ0n) is 14.0. The number of nitrogens with zero attached hydrogens (tertiary/aromatic N) is 2. The first-order chi connectivity index (χ1) is 11.6. The molecule has 0 saturated carbocycles. The van der Waals surface area contributed by atoms with Crippen LogP contribution in [0.3, 0.4) is 0 Å². The number of carbonyl (C=O) groups excluding carboxylic acids is 2. The SMILES string of the molecule is CN=C(NCCOc1ccc(C)cc1)NCCN1C(=O)CNC1=O. The Morgan fingerprint density at radius 2 is 1.96 bits per heavy atom. The minimum atomic E-state index is -0.351. The van der Waals surface area contributed by atoms with E-state index in [2.05, 4.69) is 20.9 Å². The predicted molar refractivity (Wildman–Crippen MR) is 91.2 cm³/mol. The van der Waals surface area contributed by atoms with Gasteiger partial charge in [0, 0.05) is 20.1 Å². The summed E-state index contributed by atoms with van der Waals surface area (Å²) < 4.78 is 5.62. The Bertz CT molecular complexity index is 584. The van der Waals surface area contributed by atoms with Gasteiger partial charge in [-0.05, 0) is 19.1 Å². The molecule has 24 heavy (non-hydrogen) atoms. The van der Waals surface area contributed by atoms with Gasteiger partial charge < -0.3 is 20.7 Å². The molecule has 1 heterocycles. The summed E-state index contributed by atoms with van der Waals surface area (Å²) in [4.78, 5) is 28.1. The van der Waals surface area contributed by atoms with Crippen LogP contribution in [0.5, 0.6) is 5.75 Å². The molecule has 130 valence electrons. The molecule has 1 aromatic carbocycles. The molecule has 0 radical (unpaired) electrons. The average molecular weight is 333 g/mol. The molecule has 0 aromatic heterocycles. The van der Waals surface area contributed by atoms with Crippen molar-refractivity contribution in [1.82, 2.24) is 20.9 Å². The van der Waals surface area contributed by atoms with Crippen LogP contribution in [-0.4, -0.2) is 62.6 Å². The van der Waals surface area contributed by atoms with E-state index in [4.69, 9.17) is 4.74 Å². The van der Waals surface area contributed by atoms with E-state index in [1.165, 1.54) is 10.5 Å². The number of aryl methyl sites for hydroxylation is 1. The first kappa shape index (κ1) is 17.6. The van der Waals surface area contributed by atoms with Crippen LogP contribution in [-0.2, 0) is 4.79 Å². The van der Waals surface area contributed by atoms with Gasteiger partial charge in [-0.15, -0.1) is 0 Å². The number of urea groups is 1. The predicted octanol–water partition coefficient (Wildman–Crippen LogP) is 0.0906. The zero-order valence-corrected chi connectivity index (χ0v) is 14.0. The van der Waals surface area contributed by atoms with Crippen LogP contribution in [0.25, 0.3) is 0 Å². The number of amides is 3. The van der Waals surface area contributed by atoms with Crippen molar-refractivity contribution < 1.29 is 14.3 Å². The van der Waals surface area contributed by atoms with Gasteiger partial charge in [-0.1, -0.05) is 17.7 Å². The third kappa shape index (κ3) is 5.15. The van der Waals surface area contributed by atoms with E-state index in [1.807, 2.05) is 31.2 Å². The monoisotopic (exact) mass is 333 g/mol. The van der Waals surface area contributed by atoms with Crippen LogP contribution in [0, 0.1) is 6.92 Å². The molecule has 0 aliphatic carbocycles. The van der Waals surface area contributed by atoms with E-state index in [0.717, 1.165) is 5.75 Å². The maximum atomic E-state index is 11.4. The summed E-state index contributed by atoms with van der Waals surface area (Å²) in [5.74, 6) is 1.20.